The highest BCUT2D eigenvalue weighted by molar-refractivity contribution is 7.07. The number of aromatic nitrogens is 1. The summed E-state index contributed by atoms with van der Waals surface area (Å²) in [5, 5.41) is 2.08. The summed E-state index contributed by atoms with van der Waals surface area (Å²) in [6.07, 6.45) is 0. The van der Waals surface area contributed by atoms with Crippen LogP contribution in [0.15, 0.2) is 10.9 Å². The maximum Gasteiger partial charge on any atom is 0.0795 e. The van der Waals surface area contributed by atoms with Gasteiger partial charge in [-0.15, -0.1) is 11.3 Å². The molecule has 15 heavy (non-hydrogen) atoms. The third kappa shape index (κ3) is 4.28. The normalized spacial score (nSPS) is 14.5. The molecule has 1 aromatic heterocycles. The van der Waals surface area contributed by atoms with E-state index in [2.05, 4.69) is 43.1 Å². The number of nitrogens with zero attached hydrogens (tertiary/aromatic N) is 2. The van der Waals surface area contributed by atoms with E-state index in [1.54, 1.807) is 11.3 Å². The fourth-order valence-corrected chi connectivity index (χ4v) is 1.82. The van der Waals surface area contributed by atoms with Gasteiger partial charge in [0.25, 0.3) is 0 Å². The highest BCUT2D eigenvalue weighted by atomic mass is 32.1. The molecule has 0 aromatic carbocycles. The first-order chi connectivity index (χ1) is 6.89. The van der Waals surface area contributed by atoms with Crippen molar-refractivity contribution in [3.05, 3.63) is 16.6 Å². The van der Waals surface area contributed by atoms with Gasteiger partial charge in [0.15, 0.2) is 0 Å². The molecular weight excluding hydrogens is 206 g/mol. The average Bonchev–Trinajstić information content (AvgIpc) is 2.54. The molecule has 3 nitrogen and oxygen atoms in total. The van der Waals surface area contributed by atoms with Crippen LogP contribution in [0.25, 0.3) is 0 Å². The number of thiazole rings is 1. The highest BCUT2D eigenvalue weighted by Gasteiger charge is 2.21. The molecule has 0 spiro atoms. The maximum atomic E-state index is 6.12. The summed E-state index contributed by atoms with van der Waals surface area (Å²) in [5.74, 6) is 0. The van der Waals surface area contributed by atoms with Crippen molar-refractivity contribution in [2.24, 2.45) is 11.1 Å². The second-order valence-electron chi connectivity index (χ2n) is 5.15. The Kier molecular flexibility index (Phi) is 4.25. The fraction of sp³-hybridized carbons (Fsp3) is 0.727. The number of hydrogen-bond acceptors (Lipinski definition) is 4. The Morgan fingerprint density at radius 2 is 2.20 bits per heavy atom. The van der Waals surface area contributed by atoms with Crippen molar-refractivity contribution in [2.45, 2.75) is 33.4 Å². The Hall–Kier alpha value is -0.450. The molecule has 2 N–H and O–H groups in total. The summed E-state index contributed by atoms with van der Waals surface area (Å²) in [4.78, 5) is 6.49. The van der Waals surface area contributed by atoms with Crippen LogP contribution in [-0.4, -0.2) is 29.5 Å². The second-order valence-corrected chi connectivity index (χ2v) is 5.87. The highest BCUT2D eigenvalue weighted by Crippen LogP contribution is 2.18. The molecule has 0 bridgehead atoms. The van der Waals surface area contributed by atoms with Gasteiger partial charge in [-0.3, -0.25) is 4.90 Å². The quantitative estimate of drug-likeness (QED) is 0.855. The number of nitrogens with two attached hydrogens (primary N) is 1. The van der Waals surface area contributed by atoms with Gasteiger partial charge in [-0.05, 0) is 12.5 Å². The number of hydrogen-bond donors (Lipinski definition) is 1. The van der Waals surface area contributed by atoms with Crippen LogP contribution >= 0.6 is 11.3 Å². The number of rotatable bonds is 4. The standard InChI is InChI=1S/C11H21N3S/c1-11(2,3)10(12)6-14(4)5-9-7-15-8-13-9/h7-8,10H,5-6,12H2,1-4H3. The van der Waals surface area contributed by atoms with Crippen molar-refractivity contribution in [3.63, 3.8) is 0 Å². The number of likely N-dealkylation sites (N-methyl/N-ethyl adjacent to an activating group) is 1. The average molecular weight is 227 g/mol. The van der Waals surface area contributed by atoms with Gasteiger partial charge in [-0.1, -0.05) is 20.8 Å². The van der Waals surface area contributed by atoms with Crippen molar-refractivity contribution in [3.8, 4) is 0 Å². The monoisotopic (exact) mass is 227 g/mol. The molecule has 0 amide bonds. The van der Waals surface area contributed by atoms with E-state index in [1.165, 1.54) is 0 Å². The van der Waals surface area contributed by atoms with Gasteiger partial charge in [0.05, 0.1) is 11.2 Å². The Morgan fingerprint density at radius 1 is 1.53 bits per heavy atom. The van der Waals surface area contributed by atoms with Crippen LogP contribution in [0, 0.1) is 5.41 Å². The lowest BCUT2D eigenvalue weighted by Crippen LogP contribution is -2.43. The van der Waals surface area contributed by atoms with Crippen LogP contribution in [0.1, 0.15) is 26.5 Å². The third-order valence-electron chi connectivity index (χ3n) is 2.54. The van der Waals surface area contributed by atoms with Crippen LogP contribution in [0.2, 0.25) is 0 Å². The third-order valence-corrected chi connectivity index (χ3v) is 3.17. The Bertz CT molecular complexity index is 277. The van der Waals surface area contributed by atoms with Gasteiger partial charge in [0, 0.05) is 24.5 Å². The van der Waals surface area contributed by atoms with E-state index >= 15 is 0 Å². The first kappa shape index (κ1) is 12.6. The van der Waals surface area contributed by atoms with E-state index in [0.717, 1.165) is 18.8 Å². The molecule has 86 valence electrons. The molecule has 1 atom stereocenters. The fourth-order valence-electron chi connectivity index (χ4n) is 1.27. The van der Waals surface area contributed by atoms with Crippen LogP contribution in [0.5, 0.6) is 0 Å². The smallest absolute Gasteiger partial charge is 0.0795 e. The Labute approximate surface area is 96.3 Å². The zero-order valence-electron chi connectivity index (χ0n) is 10.0. The molecule has 0 aliphatic heterocycles. The van der Waals surface area contributed by atoms with Gasteiger partial charge in [-0.2, -0.15) is 0 Å². The lowest BCUT2D eigenvalue weighted by molar-refractivity contribution is 0.221. The van der Waals surface area contributed by atoms with Gasteiger partial charge in [-0.25, -0.2) is 4.98 Å². The first-order valence-corrected chi connectivity index (χ1v) is 6.15. The minimum absolute atomic E-state index is 0.163. The van der Waals surface area contributed by atoms with Crippen molar-refractivity contribution in [1.82, 2.24) is 9.88 Å². The van der Waals surface area contributed by atoms with E-state index in [1.807, 2.05) is 5.51 Å². The predicted octanol–water partition coefficient (Wildman–Crippen LogP) is 1.95. The van der Waals surface area contributed by atoms with Gasteiger partial charge in [0.1, 0.15) is 0 Å². The molecule has 0 saturated heterocycles. The molecular formula is C11H21N3S. The Balaban J connectivity index is 2.39. The summed E-state index contributed by atoms with van der Waals surface area (Å²) in [7, 11) is 2.09. The molecule has 1 aromatic rings. The predicted molar refractivity (Wildman–Crippen MR) is 65.9 cm³/mol. The van der Waals surface area contributed by atoms with Crippen LogP contribution in [0.4, 0.5) is 0 Å². The minimum atomic E-state index is 0.163. The van der Waals surface area contributed by atoms with Crippen LogP contribution < -0.4 is 5.73 Å². The van der Waals surface area contributed by atoms with E-state index in [9.17, 15) is 0 Å². The van der Waals surface area contributed by atoms with Crippen LogP contribution in [-0.2, 0) is 6.54 Å². The lowest BCUT2D eigenvalue weighted by Gasteiger charge is -2.30. The molecule has 1 rings (SSSR count). The zero-order chi connectivity index (χ0) is 11.5. The van der Waals surface area contributed by atoms with Crippen LogP contribution in [0.3, 0.4) is 0 Å². The minimum Gasteiger partial charge on any atom is -0.326 e. The molecule has 4 heteroatoms. The van der Waals surface area contributed by atoms with Crippen molar-refractivity contribution in [1.29, 1.82) is 0 Å². The van der Waals surface area contributed by atoms with Crippen molar-refractivity contribution >= 4 is 11.3 Å². The summed E-state index contributed by atoms with van der Waals surface area (Å²) >= 11 is 1.64. The molecule has 1 heterocycles. The lowest BCUT2D eigenvalue weighted by atomic mass is 9.87. The summed E-state index contributed by atoms with van der Waals surface area (Å²) in [6.45, 7) is 8.31. The SMILES string of the molecule is CN(Cc1cscn1)CC(N)C(C)(C)C. The summed E-state index contributed by atoms with van der Waals surface area (Å²) < 4.78 is 0. The second kappa shape index (κ2) is 5.05. The zero-order valence-corrected chi connectivity index (χ0v) is 10.8. The van der Waals surface area contributed by atoms with Gasteiger partial charge >= 0.3 is 0 Å². The Morgan fingerprint density at radius 3 is 2.67 bits per heavy atom. The largest absolute Gasteiger partial charge is 0.326 e. The van der Waals surface area contributed by atoms with E-state index < -0.39 is 0 Å². The first-order valence-electron chi connectivity index (χ1n) is 5.21. The maximum absolute atomic E-state index is 6.12. The van der Waals surface area contributed by atoms with E-state index in [4.69, 9.17) is 5.73 Å². The molecule has 0 aliphatic carbocycles. The molecule has 0 radical (unpaired) electrons. The van der Waals surface area contributed by atoms with Gasteiger partial charge in [0.2, 0.25) is 0 Å². The van der Waals surface area contributed by atoms with E-state index in [-0.39, 0.29) is 11.5 Å². The molecule has 0 aliphatic rings. The summed E-state index contributed by atoms with van der Waals surface area (Å²) in [6, 6.07) is 0.195. The topological polar surface area (TPSA) is 42.2 Å². The van der Waals surface area contributed by atoms with Crippen molar-refractivity contribution in [2.75, 3.05) is 13.6 Å². The molecule has 0 saturated carbocycles. The molecule has 1 unspecified atom stereocenters. The van der Waals surface area contributed by atoms with E-state index in [0.29, 0.717) is 0 Å². The van der Waals surface area contributed by atoms with Gasteiger partial charge < -0.3 is 5.73 Å². The molecule has 0 fully saturated rings. The van der Waals surface area contributed by atoms with Crippen molar-refractivity contribution < 1.29 is 0 Å². The summed E-state index contributed by atoms with van der Waals surface area (Å²) in [5.41, 5.74) is 9.28.